The van der Waals surface area contributed by atoms with Crippen LogP contribution in [0.4, 0.5) is 0 Å². The Morgan fingerprint density at radius 3 is 2.61 bits per heavy atom. The Balaban J connectivity index is 1.92. The third kappa shape index (κ3) is 3.44. The van der Waals surface area contributed by atoms with Crippen LogP contribution in [0.1, 0.15) is 29.0 Å². The molecule has 0 spiro atoms. The lowest BCUT2D eigenvalue weighted by molar-refractivity contribution is -0.121. The molecule has 2 aromatic rings. The number of rotatable bonds is 4. The minimum absolute atomic E-state index is 0.0538. The fraction of sp³-hybridized carbons (Fsp3) is 0.267. The number of benzene rings is 1. The molecule has 1 atom stereocenters. The summed E-state index contributed by atoms with van der Waals surface area (Å²) in [5.74, 6) is 0.0746. The van der Waals surface area contributed by atoms with E-state index in [0.717, 1.165) is 10.4 Å². The van der Waals surface area contributed by atoms with Gasteiger partial charge in [0.2, 0.25) is 5.91 Å². The van der Waals surface area contributed by atoms with Crippen LogP contribution in [0, 0.1) is 6.92 Å². The second-order valence-corrected chi connectivity index (χ2v) is 5.49. The zero-order valence-corrected chi connectivity index (χ0v) is 11.5. The third-order valence-electron chi connectivity index (χ3n) is 2.87. The summed E-state index contributed by atoms with van der Waals surface area (Å²) in [7, 11) is 0. The molecule has 3 heteroatoms. The summed E-state index contributed by atoms with van der Waals surface area (Å²) in [5.41, 5.74) is 2.37. The normalized spacial score (nSPS) is 12.1. The second-order valence-electron chi connectivity index (χ2n) is 4.46. The van der Waals surface area contributed by atoms with Crippen LogP contribution in [0.3, 0.4) is 0 Å². The van der Waals surface area contributed by atoms with E-state index in [1.807, 2.05) is 24.4 Å². The lowest BCUT2D eigenvalue weighted by atomic mass is 10.1. The van der Waals surface area contributed by atoms with Gasteiger partial charge in [0.05, 0.1) is 12.5 Å². The Bertz CT molecular complexity index is 502. The fourth-order valence-electron chi connectivity index (χ4n) is 1.80. The summed E-state index contributed by atoms with van der Waals surface area (Å²) >= 11 is 1.62. The summed E-state index contributed by atoms with van der Waals surface area (Å²) in [4.78, 5) is 13.0. The lowest BCUT2D eigenvalue weighted by Gasteiger charge is -2.14. The summed E-state index contributed by atoms with van der Waals surface area (Å²) in [6, 6.07) is 12.3. The number of carbonyl (C=O) groups is 1. The van der Waals surface area contributed by atoms with Crippen LogP contribution in [0.25, 0.3) is 0 Å². The first-order valence-electron chi connectivity index (χ1n) is 6.03. The SMILES string of the molecule is Cc1ccc(C(C)NC(=O)Cc2cccs2)cc1. The molecule has 0 aliphatic rings. The van der Waals surface area contributed by atoms with E-state index in [9.17, 15) is 4.79 Å². The van der Waals surface area contributed by atoms with Crippen LogP contribution < -0.4 is 5.32 Å². The van der Waals surface area contributed by atoms with Gasteiger partial charge in [0.1, 0.15) is 0 Å². The molecule has 0 fully saturated rings. The van der Waals surface area contributed by atoms with Crippen molar-refractivity contribution < 1.29 is 4.79 Å². The van der Waals surface area contributed by atoms with Crippen molar-refractivity contribution in [3.63, 3.8) is 0 Å². The van der Waals surface area contributed by atoms with E-state index in [-0.39, 0.29) is 11.9 Å². The number of aryl methyl sites for hydroxylation is 1. The Morgan fingerprint density at radius 2 is 2.00 bits per heavy atom. The van der Waals surface area contributed by atoms with Crippen molar-refractivity contribution in [3.05, 3.63) is 57.8 Å². The van der Waals surface area contributed by atoms with Crippen LogP contribution in [0.2, 0.25) is 0 Å². The van der Waals surface area contributed by atoms with E-state index in [2.05, 4.69) is 36.5 Å². The van der Waals surface area contributed by atoms with Crippen LogP contribution >= 0.6 is 11.3 Å². The van der Waals surface area contributed by atoms with Gasteiger partial charge in [-0.15, -0.1) is 11.3 Å². The van der Waals surface area contributed by atoms with Crippen molar-refractivity contribution in [2.75, 3.05) is 0 Å². The molecule has 0 radical (unpaired) electrons. The maximum Gasteiger partial charge on any atom is 0.225 e. The molecule has 1 unspecified atom stereocenters. The van der Waals surface area contributed by atoms with E-state index in [0.29, 0.717) is 6.42 Å². The molecule has 94 valence electrons. The van der Waals surface area contributed by atoms with Crippen LogP contribution in [0.5, 0.6) is 0 Å². The number of carbonyl (C=O) groups excluding carboxylic acids is 1. The average Bonchev–Trinajstić information content (AvgIpc) is 2.82. The van der Waals surface area contributed by atoms with Crippen molar-refractivity contribution >= 4 is 17.2 Å². The quantitative estimate of drug-likeness (QED) is 0.895. The highest BCUT2D eigenvalue weighted by Gasteiger charge is 2.10. The Morgan fingerprint density at radius 1 is 1.28 bits per heavy atom. The minimum atomic E-state index is 0.0538. The van der Waals surface area contributed by atoms with Gasteiger partial charge >= 0.3 is 0 Å². The molecule has 1 amide bonds. The summed E-state index contributed by atoms with van der Waals surface area (Å²) in [6.07, 6.45) is 0.466. The molecule has 1 heterocycles. The zero-order chi connectivity index (χ0) is 13.0. The van der Waals surface area contributed by atoms with Gasteiger partial charge in [-0.3, -0.25) is 4.79 Å². The molecule has 0 aliphatic heterocycles. The first-order valence-corrected chi connectivity index (χ1v) is 6.91. The smallest absolute Gasteiger partial charge is 0.225 e. The number of amides is 1. The van der Waals surface area contributed by atoms with Crippen molar-refractivity contribution in [3.8, 4) is 0 Å². The largest absolute Gasteiger partial charge is 0.349 e. The van der Waals surface area contributed by atoms with Gasteiger partial charge in [-0.1, -0.05) is 35.9 Å². The number of hydrogen-bond donors (Lipinski definition) is 1. The molecule has 0 aliphatic carbocycles. The highest BCUT2D eigenvalue weighted by molar-refractivity contribution is 7.10. The number of nitrogens with one attached hydrogen (secondary N) is 1. The minimum Gasteiger partial charge on any atom is -0.349 e. The Labute approximate surface area is 112 Å². The zero-order valence-electron chi connectivity index (χ0n) is 10.6. The Hall–Kier alpha value is -1.61. The molecule has 18 heavy (non-hydrogen) atoms. The van der Waals surface area contributed by atoms with Gasteiger partial charge in [0.25, 0.3) is 0 Å². The lowest BCUT2D eigenvalue weighted by Crippen LogP contribution is -2.27. The highest BCUT2D eigenvalue weighted by Crippen LogP contribution is 2.14. The monoisotopic (exact) mass is 259 g/mol. The maximum absolute atomic E-state index is 11.9. The van der Waals surface area contributed by atoms with Gasteiger partial charge in [-0.05, 0) is 30.9 Å². The summed E-state index contributed by atoms with van der Waals surface area (Å²) in [5, 5.41) is 5.01. The molecule has 1 N–H and O–H groups in total. The first-order chi connectivity index (χ1) is 8.65. The molecule has 2 rings (SSSR count). The molecule has 2 nitrogen and oxygen atoms in total. The molecular weight excluding hydrogens is 242 g/mol. The molecule has 1 aromatic carbocycles. The summed E-state index contributed by atoms with van der Waals surface area (Å²) < 4.78 is 0. The van der Waals surface area contributed by atoms with Gasteiger partial charge in [-0.25, -0.2) is 0 Å². The molecule has 1 aromatic heterocycles. The fourth-order valence-corrected chi connectivity index (χ4v) is 2.51. The van der Waals surface area contributed by atoms with Crippen molar-refractivity contribution in [1.29, 1.82) is 0 Å². The standard InChI is InChI=1S/C15H17NOS/c1-11-5-7-13(8-6-11)12(2)16-15(17)10-14-4-3-9-18-14/h3-9,12H,10H2,1-2H3,(H,16,17). The van der Waals surface area contributed by atoms with E-state index >= 15 is 0 Å². The van der Waals surface area contributed by atoms with Gasteiger partial charge < -0.3 is 5.32 Å². The van der Waals surface area contributed by atoms with Gasteiger partial charge in [-0.2, -0.15) is 0 Å². The van der Waals surface area contributed by atoms with Crippen LogP contribution in [-0.2, 0) is 11.2 Å². The number of thiophene rings is 1. The van der Waals surface area contributed by atoms with E-state index in [1.165, 1.54) is 5.56 Å². The number of hydrogen-bond acceptors (Lipinski definition) is 2. The molecule has 0 saturated heterocycles. The summed E-state index contributed by atoms with van der Waals surface area (Å²) in [6.45, 7) is 4.07. The van der Waals surface area contributed by atoms with Crippen molar-refractivity contribution in [2.24, 2.45) is 0 Å². The maximum atomic E-state index is 11.9. The molecular formula is C15H17NOS. The van der Waals surface area contributed by atoms with Crippen LogP contribution in [-0.4, -0.2) is 5.91 Å². The topological polar surface area (TPSA) is 29.1 Å². The van der Waals surface area contributed by atoms with E-state index < -0.39 is 0 Å². The van der Waals surface area contributed by atoms with Crippen molar-refractivity contribution in [2.45, 2.75) is 26.3 Å². The van der Waals surface area contributed by atoms with Gasteiger partial charge in [0.15, 0.2) is 0 Å². The van der Waals surface area contributed by atoms with Crippen LogP contribution in [0.15, 0.2) is 41.8 Å². The first kappa shape index (κ1) is 12.8. The van der Waals surface area contributed by atoms with Crippen molar-refractivity contribution in [1.82, 2.24) is 5.32 Å². The molecule has 0 bridgehead atoms. The molecule has 0 saturated carbocycles. The predicted octanol–water partition coefficient (Wildman–Crippen LogP) is 3.48. The predicted molar refractivity (Wildman–Crippen MR) is 75.8 cm³/mol. The van der Waals surface area contributed by atoms with E-state index in [1.54, 1.807) is 11.3 Å². The second kappa shape index (κ2) is 5.83. The highest BCUT2D eigenvalue weighted by atomic mass is 32.1. The Kier molecular flexibility index (Phi) is 4.15. The van der Waals surface area contributed by atoms with E-state index in [4.69, 9.17) is 0 Å². The average molecular weight is 259 g/mol. The van der Waals surface area contributed by atoms with Gasteiger partial charge in [0, 0.05) is 4.88 Å². The third-order valence-corrected chi connectivity index (χ3v) is 3.75.